The summed E-state index contributed by atoms with van der Waals surface area (Å²) >= 11 is 0. The molecule has 0 aliphatic carbocycles. The van der Waals surface area contributed by atoms with Crippen LogP contribution >= 0.6 is 0 Å². The lowest BCUT2D eigenvalue weighted by Gasteiger charge is -2.46. The molecule has 2 aromatic rings. The highest BCUT2D eigenvalue weighted by Crippen LogP contribution is 2.32. The molecular weight excluding hydrogens is 362 g/mol. The Morgan fingerprint density at radius 1 is 0.828 bits per heavy atom. The Labute approximate surface area is 171 Å². The molecule has 5 rings (SSSR count). The van der Waals surface area contributed by atoms with Gasteiger partial charge in [0.25, 0.3) is 11.8 Å². The Hall–Kier alpha value is -2.66. The molecule has 3 heterocycles. The summed E-state index contributed by atoms with van der Waals surface area (Å²) in [4.78, 5) is 31.5. The highest BCUT2D eigenvalue weighted by Gasteiger charge is 2.35. The number of benzene rings is 2. The quantitative estimate of drug-likeness (QED) is 0.582. The summed E-state index contributed by atoms with van der Waals surface area (Å²) in [6, 6.07) is 16.5. The van der Waals surface area contributed by atoms with Gasteiger partial charge in [-0.3, -0.25) is 19.4 Å². The van der Waals surface area contributed by atoms with Crippen LogP contribution in [-0.2, 0) is 6.42 Å². The van der Waals surface area contributed by atoms with Crippen molar-refractivity contribution in [3.8, 4) is 0 Å². The van der Waals surface area contributed by atoms with Crippen molar-refractivity contribution in [1.29, 1.82) is 0 Å². The van der Waals surface area contributed by atoms with Gasteiger partial charge in [0.1, 0.15) is 0 Å². The molecule has 2 amide bonds. The number of aryl methyl sites for hydroxylation is 1. The normalized spacial score (nSPS) is 21.2. The van der Waals surface area contributed by atoms with E-state index in [1.807, 2.05) is 12.1 Å². The van der Waals surface area contributed by atoms with Crippen LogP contribution in [0.15, 0.2) is 48.5 Å². The van der Waals surface area contributed by atoms with Crippen molar-refractivity contribution in [2.45, 2.75) is 31.7 Å². The standard InChI is InChI=1S/C24H27N3O2/c28-23-20-8-2-3-9-21(20)24(29)27(23)14-6-5-13-25-15-16-26-19(17-25)12-11-18-7-1-4-10-22(18)26/h1-4,7-10,19H,5-6,11-17H2/t19-/m1/s1. The fourth-order valence-electron chi connectivity index (χ4n) is 5.06. The van der Waals surface area contributed by atoms with E-state index in [0.29, 0.717) is 23.7 Å². The minimum atomic E-state index is -0.139. The average molecular weight is 389 g/mol. The molecule has 0 N–H and O–H groups in total. The van der Waals surface area contributed by atoms with E-state index in [0.717, 1.165) is 39.0 Å². The van der Waals surface area contributed by atoms with E-state index in [4.69, 9.17) is 0 Å². The number of unbranched alkanes of at least 4 members (excludes halogenated alkanes) is 1. The third kappa shape index (κ3) is 3.33. The smallest absolute Gasteiger partial charge is 0.261 e. The number of nitrogens with zero attached hydrogens (tertiary/aromatic N) is 3. The summed E-state index contributed by atoms with van der Waals surface area (Å²) in [5.41, 5.74) is 4.00. The number of imide groups is 1. The first-order chi connectivity index (χ1) is 14.2. The summed E-state index contributed by atoms with van der Waals surface area (Å²) in [6.07, 6.45) is 4.27. The summed E-state index contributed by atoms with van der Waals surface area (Å²) in [6.45, 7) is 4.83. The van der Waals surface area contributed by atoms with E-state index in [1.54, 1.807) is 12.1 Å². The van der Waals surface area contributed by atoms with Gasteiger partial charge >= 0.3 is 0 Å². The van der Waals surface area contributed by atoms with E-state index in [9.17, 15) is 9.59 Å². The number of carbonyl (C=O) groups is 2. The third-order valence-corrected chi connectivity index (χ3v) is 6.60. The Morgan fingerprint density at radius 3 is 2.31 bits per heavy atom. The van der Waals surface area contributed by atoms with Gasteiger partial charge in [0.05, 0.1) is 11.1 Å². The van der Waals surface area contributed by atoms with Crippen molar-refractivity contribution in [2.75, 3.05) is 37.6 Å². The number of hydrogen-bond acceptors (Lipinski definition) is 4. The number of amides is 2. The highest BCUT2D eigenvalue weighted by atomic mass is 16.2. The van der Waals surface area contributed by atoms with Crippen molar-refractivity contribution in [2.24, 2.45) is 0 Å². The molecule has 3 aliphatic rings. The number of anilines is 1. The second-order valence-corrected chi connectivity index (χ2v) is 8.33. The van der Waals surface area contributed by atoms with Gasteiger partial charge < -0.3 is 4.90 Å². The zero-order chi connectivity index (χ0) is 19.8. The zero-order valence-electron chi connectivity index (χ0n) is 16.7. The van der Waals surface area contributed by atoms with Crippen LogP contribution in [0.4, 0.5) is 5.69 Å². The third-order valence-electron chi connectivity index (χ3n) is 6.60. The first kappa shape index (κ1) is 18.4. The highest BCUT2D eigenvalue weighted by molar-refractivity contribution is 6.21. The topological polar surface area (TPSA) is 43.9 Å². The summed E-state index contributed by atoms with van der Waals surface area (Å²) in [7, 11) is 0. The summed E-state index contributed by atoms with van der Waals surface area (Å²) < 4.78 is 0. The van der Waals surface area contributed by atoms with Crippen LogP contribution in [0.25, 0.3) is 0 Å². The first-order valence-corrected chi connectivity index (χ1v) is 10.7. The Morgan fingerprint density at radius 2 is 1.52 bits per heavy atom. The molecule has 5 heteroatoms. The number of fused-ring (bicyclic) bond motifs is 4. The largest absolute Gasteiger partial charge is 0.366 e. The molecule has 29 heavy (non-hydrogen) atoms. The summed E-state index contributed by atoms with van der Waals surface area (Å²) in [5, 5.41) is 0. The number of carbonyl (C=O) groups excluding carboxylic acids is 2. The molecule has 0 bridgehead atoms. The fourth-order valence-corrected chi connectivity index (χ4v) is 5.06. The van der Waals surface area contributed by atoms with Crippen LogP contribution in [0, 0.1) is 0 Å². The molecule has 0 aromatic heterocycles. The van der Waals surface area contributed by atoms with Gasteiger partial charge in [0.15, 0.2) is 0 Å². The van der Waals surface area contributed by atoms with Crippen molar-refractivity contribution in [3.63, 3.8) is 0 Å². The van der Waals surface area contributed by atoms with Crippen LogP contribution in [0.5, 0.6) is 0 Å². The first-order valence-electron chi connectivity index (χ1n) is 10.7. The lowest BCUT2D eigenvalue weighted by molar-refractivity contribution is 0.0650. The minimum Gasteiger partial charge on any atom is -0.366 e. The predicted octanol–water partition coefficient (Wildman–Crippen LogP) is 3.20. The molecule has 2 aromatic carbocycles. The van der Waals surface area contributed by atoms with Gasteiger partial charge in [-0.2, -0.15) is 0 Å². The van der Waals surface area contributed by atoms with Gasteiger partial charge in [0, 0.05) is 37.9 Å². The fraction of sp³-hybridized carbons (Fsp3) is 0.417. The molecule has 1 saturated heterocycles. The van der Waals surface area contributed by atoms with Crippen LogP contribution < -0.4 is 4.90 Å². The van der Waals surface area contributed by atoms with Gasteiger partial charge in [0.2, 0.25) is 0 Å². The van der Waals surface area contributed by atoms with Crippen LogP contribution in [0.1, 0.15) is 45.5 Å². The summed E-state index contributed by atoms with van der Waals surface area (Å²) in [5.74, 6) is -0.278. The molecule has 1 atom stereocenters. The van der Waals surface area contributed by atoms with E-state index in [1.165, 1.54) is 29.0 Å². The monoisotopic (exact) mass is 389 g/mol. The van der Waals surface area contributed by atoms with Crippen molar-refractivity contribution in [1.82, 2.24) is 9.80 Å². The molecule has 0 radical (unpaired) electrons. The number of piperazine rings is 1. The molecule has 0 unspecified atom stereocenters. The van der Waals surface area contributed by atoms with Gasteiger partial charge in [-0.1, -0.05) is 30.3 Å². The molecule has 5 nitrogen and oxygen atoms in total. The molecule has 0 spiro atoms. The number of para-hydroxylation sites is 1. The van der Waals surface area contributed by atoms with Crippen molar-refractivity contribution < 1.29 is 9.59 Å². The maximum Gasteiger partial charge on any atom is 0.261 e. The molecular formula is C24H27N3O2. The Kier molecular flexibility index (Phi) is 4.84. The second kappa shape index (κ2) is 7.64. The number of hydrogen-bond donors (Lipinski definition) is 0. The lowest BCUT2D eigenvalue weighted by Crippen LogP contribution is -2.55. The van der Waals surface area contributed by atoms with E-state index in [-0.39, 0.29) is 11.8 Å². The van der Waals surface area contributed by atoms with Gasteiger partial charge in [-0.15, -0.1) is 0 Å². The Balaban J connectivity index is 1.11. The van der Waals surface area contributed by atoms with Gasteiger partial charge in [-0.05, 0) is 56.0 Å². The van der Waals surface area contributed by atoms with Crippen molar-refractivity contribution in [3.05, 3.63) is 65.2 Å². The van der Waals surface area contributed by atoms with Crippen LogP contribution in [0.2, 0.25) is 0 Å². The molecule has 150 valence electrons. The van der Waals surface area contributed by atoms with Gasteiger partial charge in [-0.25, -0.2) is 0 Å². The lowest BCUT2D eigenvalue weighted by atomic mass is 9.94. The zero-order valence-corrected chi connectivity index (χ0v) is 16.7. The van der Waals surface area contributed by atoms with E-state index >= 15 is 0 Å². The van der Waals surface area contributed by atoms with Crippen LogP contribution in [0.3, 0.4) is 0 Å². The maximum atomic E-state index is 12.5. The van der Waals surface area contributed by atoms with E-state index in [2.05, 4.69) is 34.1 Å². The maximum absolute atomic E-state index is 12.5. The predicted molar refractivity (Wildman–Crippen MR) is 113 cm³/mol. The molecule has 0 saturated carbocycles. The minimum absolute atomic E-state index is 0.139. The SMILES string of the molecule is O=C1c2ccccc2C(=O)N1CCCCN1CCN2c3ccccc3CC[C@@H]2C1. The van der Waals surface area contributed by atoms with E-state index < -0.39 is 0 Å². The molecule has 1 fully saturated rings. The van der Waals surface area contributed by atoms with Crippen molar-refractivity contribution >= 4 is 17.5 Å². The average Bonchev–Trinajstić information content (AvgIpc) is 3.01. The number of rotatable bonds is 5. The Bertz CT molecular complexity index is 906. The molecule has 3 aliphatic heterocycles. The second-order valence-electron chi connectivity index (χ2n) is 8.33. The van der Waals surface area contributed by atoms with Crippen LogP contribution in [-0.4, -0.2) is 60.4 Å².